The summed E-state index contributed by atoms with van der Waals surface area (Å²) < 4.78 is 23.8. The number of benzene rings is 1. The van der Waals surface area contributed by atoms with Gasteiger partial charge in [-0.2, -0.15) is 0 Å². The van der Waals surface area contributed by atoms with Crippen molar-refractivity contribution in [2.75, 3.05) is 0 Å². The Hall–Kier alpha value is -1.38. The molecular weight excluding hydrogens is 280 g/mol. The molecule has 0 bridgehead atoms. The molecule has 118 valence electrons. The summed E-state index contributed by atoms with van der Waals surface area (Å²) in [7, 11) is 0. The fourth-order valence-corrected chi connectivity index (χ4v) is 2.92. The van der Waals surface area contributed by atoms with E-state index in [0.717, 1.165) is 5.56 Å². The Labute approximate surface area is 131 Å². The lowest BCUT2D eigenvalue weighted by atomic mass is 10.0. The summed E-state index contributed by atoms with van der Waals surface area (Å²) in [5.41, 5.74) is 1.10. The number of hydrogen-bond acceptors (Lipinski definition) is 4. The molecule has 0 saturated carbocycles. The first-order valence-electron chi connectivity index (χ1n) is 7.66. The molecule has 1 aromatic rings. The first-order valence-corrected chi connectivity index (χ1v) is 7.66. The summed E-state index contributed by atoms with van der Waals surface area (Å²) in [5, 5.41) is 0. The zero-order valence-electron chi connectivity index (χ0n) is 13.2. The maximum atomic E-state index is 5.96. The molecule has 2 aliphatic heterocycles. The smallest absolute Gasteiger partial charge is 0.188 e. The van der Waals surface area contributed by atoms with Gasteiger partial charge < -0.3 is 18.9 Å². The van der Waals surface area contributed by atoms with Crippen molar-refractivity contribution in [2.24, 2.45) is 0 Å². The molecule has 22 heavy (non-hydrogen) atoms. The highest BCUT2D eigenvalue weighted by atomic mass is 16.8. The maximum Gasteiger partial charge on any atom is 0.188 e. The summed E-state index contributed by atoms with van der Waals surface area (Å²) in [4.78, 5) is 0. The van der Waals surface area contributed by atoms with E-state index in [4.69, 9.17) is 18.9 Å². The van der Waals surface area contributed by atoms with Crippen molar-refractivity contribution < 1.29 is 18.9 Å². The molecule has 4 heteroatoms. The molecule has 1 aromatic carbocycles. The zero-order chi connectivity index (χ0) is 15.6. The average molecular weight is 302 g/mol. The molecule has 2 aliphatic rings. The summed E-state index contributed by atoms with van der Waals surface area (Å²) in [6.45, 7) is 6.12. The Balaban J connectivity index is 1.70. The fraction of sp³-hybridized carbons (Fsp3) is 0.556. The second-order valence-electron chi connectivity index (χ2n) is 6.06. The predicted octanol–water partition coefficient (Wildman–Crippen LogP) is 2.86. The van der Waals surface area contributed by atoms with Crippen molar-refractivity contribution >= 4 is 0 Å². The van der Waals surface area contributed by atoms with Crippen molar-refractivity contribution in [3.05, 3.63) is 35.9 Å². The molecular formula is C18H22O4. The van der Waals surface area contributed by atoms with E-state index in [1.807, 2.05) is 51.1 Å². The third-order valence-corrected chi connectivity index (χ3v) is 3.80. The minimum Gasteiger partial charge on any atom is -0.345 e. The van der Waals surface area contributed by atoms with Crippen molar-refractivity contribution in [1.29, 1.82) is 0 Å². The molecule has 4 atom stereocenters. The fourth-order valence-electron chi connectivity index (χ4n) is 2.92. The van der Waals surface area contributed by atoms with Crippen LogP contribution in [0.4, 0.5) is 0 Å². The van der Waals surface area contributed by atoms with E-state index < -0.39 is 12.1 Å². The Morgan fingerprint density at radius 3 is 2.73 bits per heavy atom. The van der Waals surface area contributed by atoms with Crippen LogP contribution in [0.15, 0.2) is 30.3 Å². The Bertz CT molecular complexity index is 557. The molecule has 0 unspecified atom stereocenters. The van der Waals surface area contributed by atoms with Crippen molar-refractivity contribution in [3.63, 3.8) is 0 Å². The molecule has 0 radical (unpaired) electrons. The first-order chi connectivity index (χ1) is 10.6. The van der Waals surface area contributed by atoms with E-state index in [1.54, 1.807) is 0 Å². The van der Waals surface area contributed by atoms with Crippen LogP contribution in [-0.2, 0) is 25.6 Å². The molecule has 2 heterocycles. The molecule has 2 fully saturated rings. The third-order valence-electron chi connectivity index (χ3n) is 3.80. The van der Waals surface area contributed by atoms with Crippen LogP contribution >= 0.6 is 0 Å². The molecule has 3 rings (SSSR count). The molecule has 4 nitrogen and oxygen atoms in total. The van der Waals surface area contributed by atoms with Gasteiger partial charge in [0.15, 0.2) is 12.1 Å². The van der Waals surface area contributed by atoms with Crippen LogP contribution in [0.5, 0.6) is 0 Å². The Morgan fingerprint density at radius 2 is 2.00 bits per heavy atom. The third kappa shape index (κ3) is 3.50. The van der Waals surface area contributed by atoms with E-state index in [0.29, 0.717) is 13.0 Å². The second-order valence-corrected chi connectivity index (χ2v) is 6.06. The highest BCUT2D eigenvalue weighted by Gasteiger charge is 2.50. The molecule has 0 amide bonds. The largest absolute Gasteiger partial charge is 0.345 e. The number of hydrogen-bond donors (Lipinski definition) is 0. The Kier molecular flexibility index (Phi) is 4.51. The summed E-state index contributed by atoms with van der Waals surface area (Å²) in [6.07, 6.45) is -0.194. The van der Waals surface area contributed by atoms with E-state index in [9.17, 15) is 0 Å². The summed E-state index contributed by atoms with van der Waals surface area (Å²) in [5.74, 6) is 5.36. The highest BCUT2D eigenvalue weighted by Crippen LogP contribution is 2.37. The van der Waals surface area contributed by atoms with Crippen LogP contribution < -0.4 is 0 Å². The van der Waals surface area contributed by atoms with Gasteiger partial charge in [0.1, 0.15) is 12.2 Å². The predicted molar refractivity (Wildman–Crippen MR) is 81.8 cm³/mol. The lowest BCUT2D eigenvalue weighted by Crippen LogP contribution is -2.47. The van der Waals surface area contributed by atoms with Gasteiger partial charge in [0.05, 0.1) is 12.7 Å². The van der Waals surface area contributed by atoms with Crippen molar-refractivity contribution in [2.45, 2.75) is 64.2 Å². The summed E-state index contributed by atoms with van der Waals surface area (Å²) in [6, 6.07) is 10.0. The number of rotatable bonds is 3. The maximum absolute atomic E-state index is 5.96. The van der Waals surface area contributed by atoms with Gasteiger partial charge in [-0.25, -0.2) is 0 Å². The quantitative estimate of drug-likeness (QED) is 0.805. The van der Waals surface area contributed by atoms with Gasteiger partial charge in [0.2, 0.25) is 0 Å². The average Bonchev–Trinajstić information content (AvgIpc) is 2.80. The van der Waals surface area contributed by atoms with Gasteiger partial charge in [-0.3, -0.25) is 0 Å². The lowest BCUT2D eigenvalue weighted by Gasteiger charge is -2.34. The van der Waals surface area contributed by atoms with Crippen LogP contribution in [0.1, 0.15) is 32.8 Å². The van der Waals surface area contributed by atoms with Crippen LogP contribution in [0.25, 0.3) is 0 Å². The van der Waals surface area contributed by atoms with Gasteiger partial charge in [0, 0.05) is 6.42 Å². The lowest BCUT2D eigenvalue weighted by molar-refractivity contribution is -0.246. The molecule has 0 N–H and O–H groups in total. The monoisotopic (exact) mass is 302 g/mol. The van der Waals surface area contributed by atoms with Crippen LogP contribution in [0.3, 0.4) is 0 Å². The topological polar surface area (TPSA) is 36.9 Å². The van der Waals surface area contributed by atoms with Crippen LogP contribution in [-0.4, -0.2) is 30.4 Å². The van der Waals surface area contributed by atoms with Gasteiger partial charge in [-0.1, -0.05) is 36.3 Å². The minimum absolute atomic E-state index is 0.0460. The summed E-state index contributed by atoms with van der Waals surface area (Å²) >= 11 is 0. The first kappa shape index (κ1) is 15.5. The SMILES string of the molecule is CC#C[C@@H]1C[C@@H]2OC(C)(C)O[C@@H]2[C@@H](OCc2ccccc2)O1. The van der Waals surface area contributed by atoms with Gasteiger partial charge in [-0.05, 0) is 26.3 Å². The molecule has 0 aliphatic carbocycles. The van der Waals surface area contributed by atoms with Crippen LogP contribution in [0.2, 0.25) is 0 Å². The van der Waals surface area contributed by atoms with Gasteiger partial charge in [0.25, 0.3) is 0 Å². The van der Waals surface area contributed by atoms with E-state index >= 15 is 0 Å². The standard InChI is InChI=1S/C18H22O4/c1-4-8-14-11-15-16(22-18(2,3)21-15)17(20-14)19-12-13-9-6-5-7-10-13/h5-7,9-10,14-17H,11-12H2,1-3H3/t14-,15+,16+,17+/m1/s1. The zero-order valence-corrected chi connectivity index (χ0v) is 13.2. The normalized spacial score (nSPS) is 32.9. The van der Waals surface area contributed by atoms with Gasteiger partial charge in [-0.15, -0.1) is 5.92 Å². The molecule has 2 saturated heterocycles. The Morgan fingerprint density at radius 1 is 1.23 bits per heavy atom. The van der Waals surface area contributed by atoms with E-state index in [2.05, 4.69) is 11.8 Å². The van der Waals surface area contributed by atoms with Crippen molar-refractivity contribution in [1.82, 2.24) is 0 Å². The van der Waals surface area contributed by atoms with E-state index in [1.165, 1.54) is 0 Å². The van der Waals surface area contributed by atoms with E-state index in [-0.39, 0.29) is 18.3 Å². The molecule has 0 aromatic heterocycles. The van der Waals surface area contributed by atoms with Gasteiger partial charge >= 0.3 is 0 Å². The van der Waals surface area contributed by atoms with Crippen molar-refractivity contribution in [3.8, 4) is 11.8 Å². The number of ether oxygens (including phenoxy) is 4. The highest BCUT2D eigenvalue weighted by molar-refractivity contribution is 5.13. The minimum atomic E-state index is -0.610. The second kappa shape index (κ2) is 6.39. The molecule has 0 spiro atoms. The van der Waals surface area contributed by atoms with Crippen LogP contribution in [0, 0.1) is 11.8 Å². The number of fused-ring (bicyclic) bond motifs is 1.